The lowest BCUT2D eigenvalue weighted by Crippen LogP contribution is -2.24. The van der Waals surface area contributed by atoms with E-state index in [1.807, 2.05) is 12.1 Å². The molecule has 0 radical (unpaired) electrons. The SMILES string of the molecule is CC(=O)N(c1ccc(Oc2ccc(Cl)cc2)cc1)c1ccnc(C)n1. The fraction of sp³-hybridized carbons (Fsp3) is 0.105. The van der Waals surface area contributed by atoms with Gasteiger partial charge in [-0.05, 0) is 61.5 Å². The third-order valence-corrected chi connectivity index (χ3v) is 3.70. The number of ether oxygens (including phenoxy) is 1. The highest BCUT2D eigenvalue weighted by Gasteiger charge is 2.15. The molecule has 0 saturated carbocycles. The number of carbonyl (C=O) groups excluding carboxylic acids is 1. The third kappa shape index (κ3) is 4.14. The largest absolute Gasteiger partial charge is 0.457 e. The average Bonchev–Trinajstić information content (AvgIpc) is 2.58. The minimum Gasteiger partial charge on any atom is -0.457 e. The van der Waals surface area contributed by atoms with Gasteiger partial charge < -0.3 is 4.74 Å². The molecule has 1 aromatic heterocycles. The summed E-state index contributed by atoms with van der Waals surface area (Å²) < 4.78 is 5.77. The Labute approximate surface area is 150 Å². The predicted octanol–water partition coefficient (Wildman–Crippen LogP) is 4.92. The molecule has 0 aliphatic rings. The third-order valence-electron chi connectivity index (χ3n) is 3.45. The quantitative estimate of drug-likeness (QED) is 0.668. The van der Waals surface area contributed by atoms with Crippen molar-refractivity contribution in [3.8, 4) is 11.5 Å². The van der Waals surface area contributed by atoms with E-state index in [4.69, 9.17) is 16.3 Å². The summed E-state index contributed by atoms with van der Waals surface area (Å²) in [5.74, 6) is 2.35. The first kappa shape index (κ1) is 16.9. The van der Waals surface area contributed by atoms with Crippen molar-refractivity contribution in [1.82, 2.24) is 9.97 Å². The molecule has 6 heteroatoms. The molecule has 2 aromatic carbocycles. The van der Waals surface area contributed by atoms with Crippen molar-refractivity contribution in [3.05, 3.63) is 71.6 Å². The molecular weight excluding hydrogens is 338 g/mol. The molecule has 3 rings (SSSR count). The molecule has 0 unspecified atom stereocenters. The fourth-order valence-corrected chi connectivity index (χ4v) is 2.47. The van der Waals surface area contributed by atoms with Crippen molar-refractivity contribution in [1.29, 1.82) is 0 Å². The standard InChI is InChI=1S/C19H16ClN3O2/c1-13-21-12-11-19(22-13)23(14(2)24)16-5-9-18(10-6-16)25-17-7-3-15(20)4-8-17/h3-12H,1-2H3. The van der Waals surface area contributed by atoms with Gasteiger partial charge in [-0.25, -0.2) is 9.97 Å². The van der Waals surface area contributed by atoms with Gasteiger partial charge in [0.2, 0.25) is 5.91 Å². The second-order valence-electron chi connectivity index (χ2n) is 5.37. The second kappa shape index (κ2) is 7.32. The number of amides is 1. The molecule has 0 bridgehead atoms. The number of nitrogens with zero attached hydrogens (tertiary/aromatic N) is 3. The number of hydrogen-bond donors (Lipinski definition) is 0. The zero-order valence-corrected chi connectivity index (χ0v) is 14.6. The topological polar surface area (TPSA) is 55.3 Å². The minimum atomic E-state index is -0.135. The zero-order chi connectivity index (χ0) is 17.8. The second-order valence-corrected chi connectivity index (χ2v) is 5.80. The number of aryl methyl sites for hydroxylation is 1. The highest BCUT2D eigenvalue weighted by atomic mass is 35.5. The minimum absolute atomic E-state index is 0.135. The summed E-state index contributed by atoms with van der Waals surface area (Å²) >= 11 is 5.87. The van der Waals surface area contributed by atoms with E-state index in [0.717, 1.165) is 0 Å². The summed E-state index contributed by atoms with van der Waals surface area (Å²) in [6, 6.07) is 16.0. The molecule has 0 N–H and O–H groups in total. The molecule has 0 saturated heterocycles. The molecule has 0 atom stereocenters. The Hall–Kier alpha value is -2.92. The van der Waals surface area contributed by atoms with E-state index in [-0.39, 0.29) is 5.91 Å². The van der Waals surface area contributed by atoms with Gasteiger partial charge >= 0.3 is 0 Å². The molecule has 0 fully saturated rings. The lowest BCUT2D eigenvalue weighted by atomic mass is 10.2. The first-order valence-corrected chi connectivity index (χ1v) is 8.04. The number of hydrogen-bond acceptors (Lipinski definition) is 4. The van der Waals surface area contributed by atoms with Gasteiger partial charge in [0.25, 0.3) is 0 Å². The summed E-state index contributed by atoms with van der Waals surface area (Å²) in [5.41, 5.74) is 0.703. The van der Waals surface area contributed by atoms with Crippen LogP contribution in [0.5, 0.6) is 11.5 Å². The van der Waals surface area contributed by atoms with E-state index in [2.05, 4.69) is 9.97 Å². The number of carbonyl (C=O) groups is 1. The van der Waals surface area contributed by atoms with Crippen LogP contribution in [-0.4, -0.2) is 15.9 Å². The van der Waals surface area contributed by atoms with Gasteiger partial charge in [0.15, 0.2) is 0 Å². The maximum atomic E-state index is 12.1. The maximum Gasteiger partial charge on any atom is 0.229 e. The molecule has 5 nitrogen and oxygen atoms in total. The highest BCUT2D eigenvalue weighted by Crippen LogP contribution is 2.28. The van der Waals surface area contributed by atoms with Gasteiger partial charge in [-0.15, -0.1) is 0 Å². The Morgan fingerprint density at radius 1 is 1.00 bits per heavy atom. The van der Waals surface area contributed by atoms with Crippen LogP contribution in [0, 0.1) is 6.92 Å². The number of rotatable bonds is 4. The van der Waals surface area contributed by atoms with Crippen molar-refractivity contribution in [2.24, 2.45) is 0 Å². The molecule has 126 valence electrons. The van der Waals surface area contributed by atoms with E-state index < -0.39 is 0 Å². The Kier molecular flexibility index (Phi) is 4.95. The van der Waals surface area contributed by atoms with Crippen molar-refractivity contribution < 1.29 is 9.53 Å². The zero-order valence-electron chi connectivity index (χ0n) is 13.8. The number of halogens is 1. The molecule has 3 aromatic rings. The van der Waals surface area contributed by atoms with Crippen molar-refractivity contribution in [3.63, 3.8) is 0 Å². The summed E-state index contributed by atoms with van der Waals surface area (Å²) in [7, 11) is 0. The summed E-state index contributed by atoms with van der Waals surface area (Å²) in [5, 5.41) is 0.653. The van der Waals surface area contributed by atoms with Gasteiger partial charge in [-0.1, -0.05) is 11.6 Å². The highest BCUT2D eigenvalue weighted by molar-refractivity contribution is 6.30. The van der Waals surface area contributed by atoms with E-state index in [0.29, 0.717) is 33.9 Å². The normalized spacial score (nSPS) is 10.4. The summed E-state index contributed by atoms with van der Waals surface area (Å²) in [4.78, 5) is 22.0. The van der Waals surface area contributed by atoms with Crippen LogP contribution in [0.4, 0.5) is 11.5 Å². The van der Waals surface area contributed by atoms with E-state index >= 15 is 0 Å². The Bertz CT molecular complexity index is 880. The predicted molar refractivity (Wildman–Crippen MR) is 97.6 cm³/mol. The monoisotopic (exact) mass is 353 g/mol. The van der Waals surface area contributed by atoms with Gasteiger partial charge in [0, 0.05) is 18.1 Å². The van der Waals surface area contributed by atoms with Crippen LogP contribution in [-0.2, 0) is 4.79 Å². The van der Waals surface area contributed by atoms with Crippen molar-refractivity contribution in [2.45, 2.75) is 13.8 Å². The number of anilines is 2. The number of benzene rings is 2. The lowest BCUT2D eigenvalue weighted by Gasteiger charge is -2.20. The first-order valence-electron chi connectivity index (χ1n) is 7.67. The maximum absolute atomic E-state index is 12.1. The smallest absolute Gasteiger partial charge is 0.229 e. The van der Waals surface area contributed by atoms with E-state index in [1.54, 1.807) is 55.6 Å². The van der Waals surface area contributed by atoms with Crippen LogP contribution < -0.4 is 9.64 Å². The van der Waals surface area contributed by atoms with Gasteiger partial charge in [0.1, 0.15) is 23.1 Å². The van der Waals surface area contributed by atoms with Crippen LogP contribution in [0.1, 0.15) is 12.7 Å². The Balaban J connectivity index is 1.84. The molecule has 25 heavy (non-hydrogen) atoms. The first-order chi connectivity index (χ1) is 12.0. The summed E-state index contributed by atoms with van der Waals surface area (Å²) in [6.07, 6.45) is 1.63. The van der Waals surface area contributed by atoms with Gasteiger partial charge in [0.05, 0.1) is 5.69 Å². The molecule has 1 amide bonds. The fourth-order valence-electron chi connectivity index (χ4n) is 2.35. The lowest BCUT2D eigenvalue weighted by molar-refractivity contribution is -0.115. The van der Waals surface area contributed by atoms with E-state index in [1.165, 1.54) is 11.8 Å². The van der Waals surface area contributed by atoms with Gasteiger partial charge in [-0.2, -0.15) is 0 Å². The molecule has 0 aliphatic carbocycles. The van der Waals surface area contributed by atoms with Crippen molar-refractivity contribution >= 4 is 29.0 Å². The molecule has 0 spiro atoms. The van der Waals surface area contributed by atoms with Crippen LogP contribution >= 0.6 is 11.6 Å². The van der Waals surface area contributed by atoms with Crippen molar-refractivity contribution in [2.75, 3.05) is 4.90 Å². The van der Waals surface area contributed by atoms with E-state index in [9.17, 15) is 4.79 Å². The molecular formula is C19H16ClN3O2. The van der Waals surface area contributed by atoms with Crippen LogP contribution in [0.25, 0.3) is 0 Å². The Morgan fingerprint density at radius 2 is 1.60 bits per heavy atom. The van der Waals surface area contributed by atoms with Crippen LogP contribution in [0.3, 0.4) is 0 Å². The molecule has 1 heterocycles. The van der Waals surface area contributed by atoms with Gasteiger partial charge in [-0.3, -0.25) is 9.69 Å². The average molecular weight is 354 g/mol. The van der Waals surface area contributed by atoms with Crippen LogP contribution in [0.15, 0.2) is 60.8 Å². The molecule has 0 aliphatic heterocycles. The number of aromatic nitrogens is 2. The van der Waals surface area contributed by atoms with Crippen LogP contribution in [0.2, 0.25) is 5.02 Å². The Morgan fingerprint density at radius 3 is 2.16 bits per heavy atom. The summed E-state index contributed by atoms with van der Waals surface area (Å²) in [6.45, 7) is 3.28.